The number of rotatable bonds is 9. The summed E-state index contributed by atoms with van der Waals surface area (Å²) < 4.78 is 6.14. The van der Waals surface area contributed by atoms with Crippen molar-refractivity contribution in [1.29, 1.82) is 0 Å². The van der Waals surface area contributed by atoms with E-state index in [-0.39, 0.29) is 5.78 Å². The number of hydrogen-bond acceptors (Lipinski definition) is 7. The first kappa shape index (κ1) is 25.6. The molecule has 1 atom stereocenters. The molecule has 2 aliphatic heterocycles. The van der Waals surface area contributed by atoms with Crippen molar-refractivity contribution in [2.75, 3.05) is 37.3 Å². The number of pyridine rings is 1. The molecule has 7 nitrogen and oxygen atoms in total. The molecule has 0 spiro atoms. The number of fused-ring (bicyclic) bond motifs is 1. The fourth-order valence-electron chi connectivity index (χ4n) is 5.18. The predicted octanol–water partition coefficient (Wildman–Crippen LogP) is 4.58. The quantitative estimate of drug-likeness (QED) is 0.500. The SMILES string of the molecule is C=C(O[C@H](Cc1cnc(NC)c(CC)c1)C(C)=O)N1CCC(N2CCc3ccccc3NC2=C)CC1. The molecule has 1 fully saturated rings. The molecule has 1 saturated heterocycles. The molecular weight excluding hydrogens is 450 g/mol. The molecule has 0 radical (unpaired) electrons. The Morgan fingerprint density at radius 3 is 2.72 bits per heavy atom. The maximum Gasteiger partial charge on any atom is 0.182 e. The highest BCUT2D eigenvalue weighted by Gasteiger charge is 2.29. The van der Waals surface area contributed by atoms with Gasteiger partial charge in [0, 0.05) is 51.0 Å². The fraction of sp³-hybridized carbons (Fsp3) is 0.448. The Balaban J connectivity index is 1.33. The topological polar surface area (TPSA) is 69.7 Å². The number of nitrogens with one attached hydrogen (secondary N) is 2. The van der Waals surface area contributed by atoms with Crippen molar-refractivity contribution in [3.8, 4) is 0 Å². The Morgan fingerprint density at radius 2 is 2.03 bits per heavy atom. The molecule has 0 unspecified atom stereocenters. The summed E-state index contributed by atoms with van der Waals surface area (Å²) in [5.41, 5.74) is 4.61. The molecule has 1 aromatic carbocycles. The third kappa shape index (κ3) is 5.83. The third-order valence-corrected chi connectivity index (χ3v) is 7.32. The van der Waals surface area contributed by atoms with E-state index in [1.165, 1.54) is 5.56 Å². The van der Waals surface area contributed by atoms with Gasteiger partial charge in [0.15, 0.2) is 17.8 Å². The van der Waals surface area contributed by atoms with E-state index in [0.29, 0.717) is 18.3 Å². The number of Topliss-reactive ketones (excluding diaryl/α,β-unsaturated/α-hetero) is 1. The van der Waals surface area contributed by atoms with Gasteiger partial charge in [0.1, 0.15) is 5.82 Å². The van der Waals surface area contributed by atoms with Crippen LogP contribution in [0.25, 0.3) is 0 Å². The van der Waals surface area contributed by atoms with Gasteiger partial charge in [0.05, 0.1) is 5.82 Å². The normalized spacial score (nSPS) is 17.0. The predicted molar refractivity (Wildman–Crippen MR) is 146 cm³/mol. The maximum atomic E-state index is 12.4. The second-order valence-corrected chi connectivity index (χ2v) is 9.66. The molecule has 0 bridgehead atoms. The summed E-state index contributed by atoms with van der Waals surface area (Å²) in [5.74, 6) is 2.41. The van der Waals surface area contributed by atoms with E-state index in [1.807, 2.05) is 13.2 Å². The van der Waals surface area contributed by atoms with Gasteiger partial charge in [-0.15, -0.1) is 0 Å². The summed E-state index contributed by atoms with van der Waals surface area (Å²) in [7, 11) is 1.87. The van der Waals surface area contributed by atoms with Gasteiger partial charge < -0.3 is 25.2 Å². The van der Waals surface area contributed by atoms with Crippen LogP contribution in [0.2, 0.25) is 0 Å². The van der Waals surface area contributed by atoms with Crippen molar-refractivity contribution in [2.45, 2.75) is 58.1 Å². The molecule has 3 heterocycles. The van der Waals surface area contributed by atoms with Crippen molar-refractivity contribution in [3.63, 3.8) is 0 Å². The number of likely N-dealkylation sites (tertiary alicyclic amines) is 1. The number of benzene rings is 1. The second kappa shape index (κ2) is 11.5. The highest BCUT2D eigenvalue weighted by molar-refractivity contribution is 5.81. The number of ether oxygens (including phenoxy) is 1. The number of hydrogen-bond donors (Lipinski definition) is 2. The van der Waals surface area contributed by atoms with Gasteiger partial charge in [-0.1, -0.05) is 37.8 Å². The third-order valence-electron chi connectivity index (χ3n) is 7.32. The van der Waals surface area contributed by atoms with Crippen molar-refractivity contribution < 1.29 is 9.53 Å². The van der Waals surface area contributed by atoms with Crippen LogP contribution in [0.4, 0.5) is 11.5 Å². The molecule has 2 aromatic rings. The van der Waals surface area contributed by atoms with Gasteiger partial charge in [-0.3, -0.25) is 4.79 Å². The Bertz CT molecular complexity index is 1110. The second-order valence-electron chi connectivity index (χ2n) is 9.66. The van der Waals surface area contributed by atoms with Gasteiger partial charge in [-0.2, -0.15) is 0 Å². The minimum atomic E-state index is -0.574. The Hall–Kier alpha value is -3.48. The van der Waals surface area contributed by atoms with E-state index in [2.05, 4.69) is 75.8 Å². The number of nitrogens with zero attached hydrogens (tertiary/aromatic N) is 3. The smallest absolute Gasteiger partial charge is 0.182 e. The first-order valence-electron chi connectivity index (χ1n) is 13.0. The zero-order chi connectivity index (χ0) is 25.7. The van der Waals surface area contributed by atoms with Crippen LogP contribution < -0.4 is 10.6 Å². The zero-order valence-corrected chi connectivity index (χ0v) is 21.8. The van der Waals surface area contributed by atoms with Gasteiger partial charge in [0.2, 0.25) is 0 Å². The van der Waals surface area contributed by atoms with Gasteiger partial charge in [-0.25, -0.2) is 4.98 Å². The summed E-state index contributed by atoms with van der Waals surface area (Å²) in [6.45, 7) is 14.8. The standard InChI is InChI=1S/C29H39N5O2/c1-6-24-17-23(19-31-29(24)30-5)18-28(20(2)35)36-22(4)33-14-12-26(13-15-33)34-16-11-25-9-7-8-10-27(25)32-21(34)3/h7-10,17,19,26,28,32H,3-4,6,11-16,18H2,1-2,5H3,(H,30,31)/t28-/m1/s1. The van der Waals surface area contributed by atoms with Crippen LogP contribution in [0.1, 0.15) is 43.4 Å². The number of piperidine rings is 1. The average Bonchev–Trinajstić information content (AvgIpc) is 3.06. The summed E-state index contributed by atoms with van der Waals surface area (Å²) in [5, 5.41) is 6.63. The summed E-state index contributed by atoms with van der Waals surface area (Å²) in [6.07, 6.45) is 5.57. The average molecular weight is 490 g/mol. The molecule has 4 rings (SSSR count). The molecule has 1 aromatic heterocycles. The number of anilines is 2. The molecule has 0 aliphatic carbocycles. The largest absolute Gasteiger partial charge is 0.468 e. The zero-order valence-electron chi connectivity index (χ0n) is 21.8. The van der Waals surface area contributed by atoms with E-state index >= 15 is 0 Å². The van der Waals surface area contributed by atoms with Gasteiger partial charge in [-0.05, 0) is 61.9 Å². The lowest BCUT2D eigenvalue weighted by molar-refractivity contribution is -0.127. The number of para-hydroxylation sites is 1. The van der Waals surface area contributed by atoms with Crippen molar-refractivity contribution in [2.24, 2.45) is 0 Å². The van der Waals surface area contributed by atoms with E-state index in [4.69, 9.17) is 4.74 Å². The molecule has 7 heteroatoms. The lowest BCUT2D eigenvalue weighted by Crippen LogP contribution is -2.45. The number of carbonyl (C=O) groups is 1. The van der Waals surface area contributed by atoms with Crippen LogP contribution in [0.5, 0.6) is 0 Å². The molecular formula is C29H39N5O2. The highest BCUT2D eigenvalue weighted by Crippen LogP contribution is 2.28. The van der Waals surface area contributed by atoms with Crippen LogP contribution in [-0.2, 0) is 28.8 Å². The molecule has 36 heavy (non-hydrogen) atoms. The van der Waals surface area contributed by atoms with Gasteiger partial charge >= 0.3 is 0 Å². The molecule has 2 aliphatic rings. The van der Waals surface area contributed by atoms with Crippen LogP contribution in [0.3, 0.4) is 0 Å². The lowest BCUT2D eigenvalue weighted by Gasteiger charge is -2.41. The lowest BCUT2D eigenvalue weighted by atomic mass is 10.0. The monoisotopic (exact) mass is 489 g/mol. The minimum absolute atomic E-state index is 0.00622. The first-order valence-corrected chi connectivity index (χ1v) is 13.0. The van der Waals surface area contributed by atoms with E-state index < -0.39 is 6.10 Å². The molecule has 2 N–H and O–H groups in total. The fourth-order valence-corrected chi connectivity index (χ4v) is 5.18. The van der Waals surface area contributed by atoms with Crippen LogP contribution in [0.15, 0.2) is 61.4 Å². The van der Waals surface area contributed by atoms with Crippen LogP contribution >= 0.6 is 0 Å². The van der Waals surface area contributed by atoms with E-state index in [0.717, 1.165) is 73.8 Å². The van der Waals surface area contributed by atoms with Crippen molar-refractivity contribution in [3.05, 3.63) is 78.1 Å². The molecule has 0 amide bonds. The van der Waals surface area contributed by atoms with Crippen LogP contribution in [-0.4, -0.2) is 59.4 Å². The maximum absolute atomic E-state index is 12.4. The first-order chi connectivity index (χ1) is 17.4. The minimum Gasteiger partial charge on any atom is -0.468 e. The Labute approximate surface area is 215 Å². The summed E-state index contributed by atoms with van der Waals surface area (Å²) >= 11 is 0. The van der Waals surface area contributed by atoms with Gasteiger partial charge in [0.25, 0.3) is 0 Å². The number of carbonyl (C=O) groups excluding carboxylic acids is 1. The van der Waals surface area contributed by atoms with E-state index in [1.54, 1.807) is 6.92 Å². The Morgan fingerprint density at radius 1 is 1.28 bits per heavy atom. The molecule has 0 saturated carbocycles. The Kier molecular flexibility index (Phi) is 8.18. The van der Waals surface area contributed by atoms with E-state index in [9.17, 15) is 4.79 Å². The number of aryl methyl sites for hydroxylation is 1. The number of aromatic nitrogens is 1. The number of ketones is 1. The van der Waals surface area contributed by atoms with Crippen molar-refractivity contribution >= 4 is 17.3 Å². The highest BCUT2D eigenvalue weighted by atomic mass is 16.5. The summed E-state index contributed by atoms with van der Waals surface area (Å²) in [4.78, 5) is 21.5. The molecule has 192 valence electrons. The summed E-state index contributed by atoms with van der Waals surface area (Å²) in [6, 6.07) is 11.0. The van der Waals surface area contributed by atoms with Crippen LogP contribution in [0, 0.1) is 0 Å². The van der Waals surface area contributed by atoms with Crippen molar-refractivity contribution in [1.82, 2.24) is 14.8 Å².